The molecule has 23 heavy (non-hydrogen) atoms. The molecular weight excluding hydrogens is 284 g/mol. The van der Waals surface area contributed by atoms with E-state index in [0.29, 0.717) is 24.4 Å². The lowest BCUT2D eigenvalue weighted by atomic mass is 9.63. The summed E-state index contributed by atoms with van der Waals surface area (Å²) in [5.41, 5.74) is 2.57. The van der Waals surface area contributed by atoms with E-state index in [4.69, 9.17) is 4.74 Å². The van der Waals surface area contributed by atoms with Crippen LogP contribution in [0.4, 0.5) is 0 Å². The minimum absolute atomic E-state index is 0.278. The zero-order chi connectivity index (χ0) is 16.3. The van der Waals surface area contributed by atoms with Crippen LogP contribution in [-0.2, 0) is 16.1 Å². The minimum Gasteiger partial charge on any atom is -0.376 e. The van der Waals surface area contributed by atoms with Gasteiger partial charge in [0, 0.05) is 6.61 Å². The summed E-state index contributed by atoms with van der Waals surface area (Å²) in [6, 6.07) is 10.4. The van der Waals surface area contributed by atoms with Crippen molar-refractivity contribution in [2.45, 2.75) is 46.1 Å². The predicted octanol–water partition coefficient (Wildman–Crippen LogP) is 4.79. The minimum atomic E-state index is 0.278. The average Bonchev–Trinajstić information content (AvgIpc) is 2.92. The van der Waals surface area contributed by atoms with E-state index in [2.05, 4.69) is 44.2 Å². The molecule has 0 aliphatic heterocycles. The summed E-state index contributed by atoms with van der Waals surface area (Å²) in [5, 5.41) is 0. The van der Waals surface area contributed by atoms with Crippen molar-refractivity contribution in [3.05, 3.63) is 47.5 Å². The molecule has 1 fully saturated rings. The van der Waals surface area contributed by atoms with Crippen LogP contribution >= 0.6 is 0 Å². The van der Waals surface area contributed by atoms with Crippen molar-refractivity contribution in [2.75, 3.05) is 6.61 Å². The van der Waals surface area contributed by atoms with Gasteiger partial charge in [-0.2, -0.15) is 0 Å². The van der Waals surface area contributed by atoms with Gasteiger partial charge in [-0.3, -0.25) is 4.79 Å². The number of carbonyl (C=O) groups excluding carboxylic acids is 1. The molecule has 2 aliphatic rings. The third-order valence-corrected chi connectivity index (χ3v) is 6.19. The Labute approximate surface area is 139 Å². The van der Waals surface area contributed by atoms with Crippen LogP contribution in [0, 0.1) is 23.2 Å². The van der Waals surface area contributed by atoms with Crippen molar-refractivity contribution in [1.82, 2.24) is 0 Å². The average molecular weight is 312 g/mol. The maximum Gasteiger partial charge on any atom is 0.146 e. The van der Waals surface area contributed by atoms with Crippen molar-refractivity contribution in [3.8, 4) is 0 Å². The summed E-state index contributed by atoms with van der Waals surface area (Å²) in [5.74, 6) is 1.67. The summed E-state index contributed by atoms with van der Waals surface area (Å²) in [6.45, 7) is 6.22. The molecule has 124 valence electrons. The van der Waals surface area contributed by atoms with Gasteiger partial charge in [0.15, 0.2) is 0 Å². The highest BCUT2D eigenvalue weighted by Crippen LogP contribution is 2.57. The normalized spacial score (nSPS) is 31.3. The van der Waals surface area contributed by atoms with E-state index in [-0.39, 0.29) is 5.41 Å². The van der Waals surface area contributed by atoms with Crippen LogP contribution in [0.1, 0.15) is 45.1 Å². The third-order valence-electron chi connectivity index (χ3n) is 6.19. The topological polar surface area (TPSA) is 26.3 Å². The Morgan fingerprint density at radius 3 is 2.83 bits per heavy atom. The van der Waals surface area contributed by atoms with Gasteiger partial charge in [-0.1, -0.05) is 50.3 Å². The third kappa shape index (κ3) is 3.28. The highest BCUT2D eigenvalue weighted by Gasteiger charge is 2.50. The van der Waals surface area contributed by atoms with E-state index in [9.17, 15) is 4.79 Å². The molecule has 1 aromatic carbocycles. The quantitative estimate of drug-likeness (QED) is 0.706. The molecular formula is C21H28O2. The van der Waals surface area contributed by atoms with Gasteiger partial charge in [0.2, 0.25) is 0 Å². The molecule has 1 saturated carbocycles. The van der Waals surface area contributed by atoms with E-state index in [1.54, 1.807) is 0 Å². The number of carbonyl (C=O) groups is 1. The highest BCUT2D eigenvalue weighted by molar-refractivity contribution is 5.74. The maximum atomic E-state index is 11.4. The molecule has 0 heterocycles. The predicted molar refractivity (Wildman–Crippen MR) is 93.0 cm³/mol. The van der Waals surface area contributed by atoms with Crippen LogP contribution in [0.2, 0.25) is 0 Å². The fourth-order valence-corrected chi connectivity index (χ4v) is 4.98. The number of rotatable bonds is 6. The first kappa shape index (κ1) is 16.4. The fourth-order valence-electron chi connectivity index (χ4n) is 4.98. The van der Waals surface area contributed by atoms with Gasteiger partial charge in [0.1, 0.15) is 6.29 Å². The van der Waals surface area contributed by atoms with E-state index >= 15 is 0 Å². The van der Waals surface area contributed by atoms with Crippen molar-refractivity contribution in [2.24, 2.45) is 23.2 Å². The molecule has 0 saturated heterocycles. The first-order chi connectivity index (χ1) is 11.1. The molecule has 3 rings (SSSR count). The molecule has 0 aromatic heterocycles. The maximum absolute atomic E-state index is 11.4. The van der Waals surface area contributed by atoms with Crippen LogP contribution in [0.25, 0.3) is 0 Å². The zero-order valence-corrected chi connectivity index (χ0v) is 14.3. The second kappa shape index (κ2) is 7.00. The van der Waals surface area contributed by atoms with Gasteiger partial charge in [-0.15, -0.1) is 0 Å². The number of benzene rings is 1. The summed E-state index contributed by atoms with van der Waals surface area (Å²) in [6.07, 6.45) is 7.91. The SMILES string of the molecule is C[C@H](COCc1ccccc1)[C@H]1CC[C@@H]2C(C=O)=CCC[C@@]21C. The van der Waals surface area contributed by atoms with E-state index in [1.807, 2.05) is 6.07 Å². The second-order valence-electron chi connectivity index (χ2n) is 7.58. The van der Waals surface area contributed by atoms with Crippen LogP contribution in [-0.4, -0.2) is 12.9 Å². The largest absolute Gasteiger partial charge is 0.376 e. The molecule has 0 radical (unpaired) electrons. The number of ether oxygens (including phenoxy) is 1. The lowest BCUT2D eigenvalue weighted by molar-refractivity contribution is -0.106. The van der Waals surface area contributed by atoms with Crippen LogP contribution in [0.15, 0.2) is 42.0 Å². The van der Waals surface area contributed by atoms with Crippen molar-refractivity contribution in [3.63, 3.8) is 0 Å². The smallest absolute Gasteiger partial charge is 0.146 e. The number of hydrogen-bond donors (Lipinski definition) is 0. The summed E-state index contributed by atoms with van der Waals surface area (Å²) < 4.78 is 5.99. The molecule has 1 aromatic rings. The number of hydrogen-bond acceptors (Lipinski definition) is 2. The van der Waals surface area contributed by atoms with E-state index in [0.717, 1.165) is 31.3 Å². The van der Waals surface area contributed by atoms with Gasteiger partial charge >= 0.3 is 0 Å². The second-order valence-corrected chi connectivity index (χ2v) is 7.58. The van der Waals surface area contributed by atoms with Crippen LogP contribution < -0.4 is 0 Å². The summed E-state index contributed by atoms with van der Waals surface area (Å²) >= 11 is 0. The summed E-state index contributed by atoms with van der Waals surface area (Å²) in [7, 11) is 0. The van der Waals surface area contributed by atoms with Gasteiger partial charge in [-0.05, 0) is 60.0 Å². The van der Waals surface area contributed by atoms with Gasteiger partial charge in [-0.25, -0.2) is 0 Å². The van der Waals surface area contributed by atoms with Gasteiger partial charge < -0.3 is 4.74 Å². The molecule has 0 unspecified atom stereocenters. The van der Waals surface area contributed by atoms with Crippen LogP contribution in [0.5, 0.6) is 0 Å². The Kier molecular flexibility index (Phi) is 5.01. The molecule has 0 bridgehead atoms. The van der Waals surface area contributed by atoms with Crippen molar-refractivity contribution >= 4 is 6.29 Å². The molecule has 2 nitrogen and oxygen atoms in total. The molecule has 2 heteroatoms. The molecule has 4 atom stereocenters. The Hall–Kier alpha value is -1.41. The Morgan fingerprint density at radius 2 is 2.09 bits per heavy atom. The molecule has 0 amide bonds. The first-order valence-corrected chi connectivity index (χ1v) is 8.92. The fraction of sp³-hybridized carbons (Fsp3) is 0.571. The lowest BCUT2D eigenvalue weighted by Crippen LogP contribution is -2.36. The monoisotopic (exact) mass is 312 g/mol. The highest BCUT2D eigenvalue weighted by atomic mass is 16.5. The number of fused-ring (bicyclic) bond motifs is 1. The Balaban J connectivity index is 1.59. The van der Waals surface area contributed by atoms with Crippen molar-refractivity contribution in [1.29, 1.82) is 0 Å². The lowest BCUT2D eigenvalue weighted by Gasteiger charge is -2.42. The van der Waals surface area contributed by atoms with Gasteiger partial charge in [0.25, 0.3) is 0 Å². The van der Waals surface area contributed by atoms with E-state index in [1.165, 1.54) is 18.4 Å². The standard InChI is InChI=1S/C21H28O2/c1-16(14-23-15-17-7-4-3-5-8-17)19-10-11-20-18(13-22)9-6-12-21(19,20)2/h3-5,7-9,13,16,19-20H,6,10-12,14-15H2,1-2H3/t16-,19-,20-,21-/m1/s1. The Bertz CT molecular complexity index is 562. The Morgan fingerprint density at radius 1 is 1.30 bits per heavy atom. The zero-order valence-electron chi connectivity index (χ0n) is 14.3. The molecule has 2 aliphatic carbocycles. The van der Waals surface area contributed by atoms with Gasteiger partial charge in [0.05, 0.1) is 6.61 Å². The summed E-state index contributed by atoms with van der Waals surface area (Å²) in [4.78, 5) is 11.4. The number of allylic oxidation sites excluding steroid dienone is 2. The molecule has 0 spiro atoms. The first-order valence-electron chi connectivity index (χ1n) is 8.92. The van der Waals surface area contributed by atoms with E-state index < -0.39 is 0 Å². The molecule has 0 N–H and O–H groups in total. The van der Waals surface area contributed by atoms with Crippen LogP contribution in [0.3, 0.4) is 0 Å². The number of aldehydes is 1. The van der Waals surface area contributed by atoms with Crippen molar-refractivity contribution < 1.29 is 9.53 Å².